The zero-order chi connectivity index (χ0) is 12.5. The quantitative estimate of drug-likeness (QED) is 0.780. The SMILES string of the molecule is COc1ccc(C(C)(C)c2ccc(C)s2)cc1. The zero-order valence-electron chi connectivity index (χ0n) is 10.8. The van der Waals surface area contributed by atoms with Crippen molar-refractivity contribution in [2.24, 2.45) is 0 Å². The summed E-state index contributed by atoms with van der Waals surface area (Å²) < 4.78 is 5.19. The summed E-state index contributed by atoms with van der Waals surface area (Å²) in [6.45, 7) is 6.68. The molecule has 0 aliphatic carbocycles. The summed E-state index contributed by atoms with van der Waals surface area (Å²) in [5.41, 5.74) is 1.38. The van der Waals surface area contributed by atoms with E-state index in [1.165, 1.54) is 15.3 Å². The predicted octanol–water partition coefficient (Wildman–Crippen LogP) is 4.39. The molecule has 0 N–H and O–H groups in total. The van der Waals surface area contributed by atoms with Gasteiger partial charge in [-0.25, -0.2) is 0 Å². The van der Waals surface area contributed by atoms with Gasteiger partial charge in [0, 0.05) is 15.2 Å². The van der Waals surface area contributed by atoms with Crippen LogP contribution in [0.4, 0.5) is 0 Å². The normalized spacial score (nSPS) is 11.5. The lowest BCUT2D eigenvalue weighted by Crippen LogP contribution is -2.16. The standard InChI is InChI=1S/C15H18OS/c1-11-5-10-14(17-11)15(2,3)12-6-8-13(16-4)9-7-12/h5-10H,1-4H3. The van der Waals surface area contributed by atoms with E-state index in [0.29, 0.717) is 0 Å². The summed E-state index contributed by atoms with van der Waals surface area (Å²) in [4.78, 5) is 2.77. The third kappa shape index (κ3) is 2.37. The van der Waals surface area contributed by atoms with Crippen LogP contribution < -0.4 is 4.74 Å². The summed E-state index contributed by atoms with van der Waals surface area (Å²) in [5.74, 6) is 0.909. The topological polar surface area (TPSA) is 9.23 Å². The van der Waals surface area contributed by atoms with Gasteiger partial charge in [0.1, 0.15) is 5.75 Å². The first-order valence-electron chi connectivity index (χ1n) is 5.75. The van der Waals surface area contributed by atoms with Crippen molar-refractivity contribution in [2.45, 2.75) is 26.2 Å². The first-order valence-corrected chi connectivity index (χ1v) is 6.57. The minimum Gasteiger partial charge on any atom is -0.497 e. The Bertz CT molecular complexity index is 494. The van der Waals surface area contributed by atoms with Crippen LogP contribution in [0, 0.1) is 6.92 Å². The summed E-state index contributed by atoms with van der Waals surface area (Å²) >= 11 is 1.87. The number of aryl methyl sites for hydroxylation is 1. The molecule has 0 aliphatic rings. The molecule has 0 saturated heterocycles. The Kier molecular flexibility index (Phi) is 3.25. The maximum absolute atomic E-state index is 5.19. The molecule has 0 spiro atoms. The molecule has 1 nitrogen and oxygen atoms in total. The van der Waals surface area contributed by atoms with Crippen molar-refractivity contribution in [3.63, 3.8) is 0 Å². The van der Waals surface area contributed by atoms with Crippen LogP contribution in [-0.2, 0) is 5.41 Å². The van der Waals surface area contributed by atoms with Crippen LogP contribution in [0.5, 0.6) is 5.75 Å². The van der Waals surface area contributed by atoms with Gasteiger partial charge in [0.05, 0.1) is 7.11 Å². The van der Waals surface area contributed by atoms with Crippen LogP contribution in [0.15, 0.2) is 36.4 Å². The van der Waals surface area contributed by atoms with E-state index < -0.39 is 0 Å². The van der Waals surface area contributed by atoms with Crippen LogP contribution in [0.25, 0.3) is 0 Å². The molecule has 0 saturated carbocycles. The van der Waals surface area contributed by atoms with Crippen molar-refractivity contribution in [1.82, 2.24) is 0 Å². The summed E-state index contributed by atoms with van der Waals surface area (Å²) in [7, 11) is 1.70. The van der Waals surface area contributed by atoms with E-state index >= 15 is 0 Å². The second-order valence-electron chi connectivity index (χ2n) is 4.76. The Balaban J connectivity index is 2.36. The Labute approximate surface area is 107 Å². The van der Waals surface area contributed by atoms with Crippen LogP contribution >= 0.6 is 11.3 Å². The molecular formula is C15H18OS. The molecule has 0 amide bonds. The Hall–Kier alpha value is -1.28. The van der Waals surface area contributed by atoms with Crippen molar-refractivity contribution < 1.29 is 4.74 Å². The molecule has 1 heterocycles. The van der Waals surface area contributed by atoms with Crippen molar-refractivity contribution >= 4 is 11.3 Å². The molecule has 0 aliphatic heterocycles. The highest BCUT2D eigenvalue weighted by atomic mass is 32.1. The smallest absolute Gasteiger partial charge is 0.118 e. The van der Waals surface area contributed by atoms with Gasteiger partial charge in [0.2, 0.25) is 0 Å². The summed E-state index contributed by atoms with van der Waals surface area (Å²) in [6.07, 6.45) is 0. The van der Waals surface area contributed by atoms with E-state index in [2.05, 4.69) is 45.0 Å². The number of hydrogen-bond donors (Lipinski definition) is 0. The fraction of sp³-hybridized carbons (Fsp3) is 0.333. The molecular weight excluding hydrogens is 228 g/mol. The second kappa shape index (κ2) is 4.53. The van der Waals surface area contributed by atoms with Crippen molar-refractivity contribution in [2.75, 3.05) is 7.11 Å². The predicted molar refractivity (Wildman–Crippen MR) is 74.2 cm³/mol. The Morgan fingerprint density at radius 2 is 1.65 bits per heavy atom. The average Bonchev–Trinajstić information content (AvgIpc) is 2.77. The van der Waals surface area contributed by atoms with E-state index in [-0.39, 0.29) is 5.41 Å². The highest BCUT2D eigenvalue weighted by Gasteiger charge is 2.24. The van der Waals surface area contributed by atoms with Crippen LogP contribution in [-0.4, -0.2) is 7.11 Å². The molecule has 0 unspecified atom stereocenters. The molecule has 0 fully saturated rings. The van der Waals surface area contributed by atoms with E-state index in [1.54, 1.807) is 7.11 Å². The highest BCUT2D eigenvalue weighted by molar-refractivity contribution is 7.12. The van der Waals surface area contributed by atoms with E-state index in [0.717, 1.165) is 5.75 Å². The van der Waals surface area contributed by atoms with E-state index in [4.69, 9.17) is 4.74 Å². The first-order chi connectivity index (χ1) is 8.04. The average molecular weight is 246 g/mol. The van der Waals surface area contributed by atoms with Crippen LogP contribution in [0.2, 0.25) is 0 Å². The molecule has 1 aromatic carbocycles. The number of ether oxygens (including phenoxy) is 1. The van der Waals surface area contributed by atoms with Gasteiger partial charge >= 0.3 is 0 Å². The second-order valence-corrected chi connectivity index (χ2v) is 6.05. The Morgan fingerprint density at radius 3 is 2.12 bits per heavy atom. The molecule has 2 aromatic rings. The van der Waals surface area contributed by atoms with Crippen molar-refractivity contribution in [3.8, 4) is 5.75 Å². The molecule has 17 heavy (non-hydrogen) atoms. The molecule has 0 bridgehead atoms. The monoisotopic (exact) mass is 246 g/mol. The minimum atomic E-state index is 0.0607. The fourth-order valence-corrected chi connectivity index (χ4v) is 2.91. The van der Waals surface area contributed by atoms with Gasteiger partial charge in [-0.1, -0.05) is 26.0 Å². The summed E-state index contributed by atoms with van der Waals surface area (Å²) in [5, 5.41) is 0. The lowest BCUT2D eigenvalue weighted by Gasteiger charge is -2.24. The highest BCUT2D eigenvalue weighted by Crippen LogP contribution is 2.36. The van der Waals surface area contributed by atoms with Crippen LogP contribution in [0.3, 0.4) is 0 Å². The number of benzene rings is 1. The van der Waals surface area contributed by atoms with Gasteiger partial charge in [0.25, 0.3) is 0 Å². The van der Waals surface area contributed by atoms with Crippen LogP contribution in [0.1, 0.15) is 29.2 Å². The molecule has 0 radical (unpaired) electrons. The van der Waals surface area contributed by atoms with Gasteiger partial charge in [-0.3, -0.25) is 0 Å². The van der Waals surface area contributed by atoms with Gasteiger partial charge in [-0.2, -0.15) is 0 Å². The maximum Gasteiger partial charge on any atom is 0.118 e. The molecule has 1 aromatic heterocycles. The van der Waals surface area contributed by atoms with Gasteiger partial charge < -0.3 is 4.74 Å². The third-order valence-corrected chi connectivity index (χ3v) is 4.49. The molecule has 0 atom stereocenters. The fourth-order valence-electron chi connectivity index (χ4n) is 1.92. The zero-order valence-corrected chi connectivity index (χ0v) is 11.6. The molecule has 2 heteroatoms. The number of rotatable bonds is 3. The van der Waals surface area contributed by atoms with Crippen molar-refractivity contribution in [3.05, 3.63) is 51.7 Å². The number of methoxy groups -OCH3 is 1. The Morgan fingerprint density at radius 1 is 1.00 bits per heavy atom. The van der Waals surface area contributed by atoms with Gasteiger partial charge in [-0.05, 0) is 36.8 Å². The first kappa shape index (κ1) is 12.2. The van der Waals surface area contributed by atoms with Crippen molar-refractivity contribution in [1.29, 1.82) is 0 Å². The minimum absolute atomic E-state index is 0.0607. The van der Waals surface area contributed by atoms with Gasteiger partial charge in [-0.15, -0.1) is 11.3 Å². The number of thiophene rings is 1. The van der Waals surface area contributed by atoms with Gasteiger partial charge in [0.15, 0.2) is 0 Å². The largest absolute Gasteiger partial charge is 0.497 e. The lowest BCUT2D eigenvalue weighted by molar-refractivity contribution is 0.414. The maximum atomic E-state index is 5.19. The lowest BCUT2D eigenvalue weighted by atomic mass is 9.83. The third-order valence-electron chi connectivity index (χ3n) is 3.17. The van der Waals surface area contributed by atoms with E-state index in [9.17, 15) is 0 Å². The summed E-state index contributed by atoms with van der Waals surface area (Å²) in [6, 6.07) is 12.8. The number of hydrogen-bond acceptors (Lipinski definition) is 2. The molecule has 2 rings (SSSR count). The van der Waals surface area contributed by atoms with E-state index in [1.807, 2.05) is 23.5 Å². The molecule has 90 valence electrons.